The first-order valence-electron chi connectivity index (χ1n) is 17.9. The summed E-state index contributed by atoms with van der Waals surface area (Å²) in [5.41, 5.74) is -1.02. The molecule has 0 fully saturated rings. The molecule has 0 N–H and O–H groups in total. The fourth-order valence-corrected chi connectivity index (χ4v) is 5.78. The van der Waals surface area contributed by atoms with Crippen LogP contribution in [0.2, 0.25) is 0 Å². The van der Waals surface area contributed by atoms with Gasteiger partial charge in [-0.2, -0.15) is 13.2 Å². The second kappa shape index (κ2) is 20.8. The van der Waals surface area contributed by atoms with Crippen molar-refractivity contribution in [3.63, 3.8) is 0 Å². The number of unbranched alkanes of at least 4 members (excludes halogenated alkanes) is 12. The molecule has 51 heavy (non-hydrogen) atoms. The summed E-state index contributed by atoms with van der Waals surface area (Å²) in [6, 6.07) is 13.7. The van der Waals surface area contributed by atoms with Gasteiger partial charge in [-0.05, 0) is 54.5 Å². The molecule has 0 heterocycles. The lowest BCUT2D eigenvalue weighted by molar-refractivity contribution is -0.206. The van der Waals surface area contributed by atoms with Crippen LogP contribution < -0.4 is 4.74 Å². The van der Waals surface area contributed by atoms with Crippen LogP contribution in [0.5, 0.6) is 5.75 Å². The van der Waals surface area contributed by atoms with Gasteiger partial charge in [-0.15, -0.1) is 0 Å². The van der Waals surface area contributed by atoms with Gasteiger partial charge in [-0.1, -0.05) is 127 Å². The summed E-state index contributed by atoms with van der Waals surface area (Å²) in [7, 11) is 0. The summed E-state index contributed by atoms with van der Waals surface area (Å²) in [5.74, 6) is -13.7. The molecule has 0 saturated carbocycles. The minimum atomic E-state index is -5.10. The van der Waals surface area contributed by atoms with Gasteiger partial charge in [0.05, 0.1) is 0 Å². The number of hydrogen-bond donors (Lipinski definition) is 0. The van der Waals surface area contributed by atoms with Gasteiger partial charge in [0.2, 0.25) is 0 Å². The van der Waals surface area contributed by atoms with Crippen LogP contribution in [0.25, 0.3) is 11.1 Å². The van der Waals surface area contributed by atoms with Gasteiger partial charge in [-0.25, -0.2) is 27.2 Å². The first-order chi connectivity index (χ1) is 24.4. The Bertz CT molecular complexity index is 1510. The van der Waals surface area contributed by atoms with Gasteiger partial charge in [0.1, 0.15) is 16.9 Å². The Hall–Kier alpha value is -3.89. The fourth-order valence-electron chi connectivity index (χ4n) is 5.78. The van der Waals surface area contributed by atoms with E-state index in [4.69, 9.17) is 4.74 Å². The third kappa shape index (κ3) is 12.7. The number of alkyl halides is 3. The lowest BCUT2D eigenvalue weighted by Gasteiger charge is -2.21. The normalized spacial score (nSPS) is 12.2. The molecule has 11 heteroatoms. The molecule has 4 nitrogen and oxygen atoms in total. The molecule has 0 aliphatic rings. The molecule has 0 saturated heterocycles. The Kier molecular flexibility index (Phi) is 17.0. The number of benzene rings is 3. The van der Waals surface area contributed by atoms with E-state index in [1.165, 1.54) is 62.6 Å². The van der Waals surface area contributed by atoms with Gasteiger partial charge in [0, 0.05) is 0 Å². The van der Waals surface area contributed by atoms with Crippen molar-refractivity contribution in [2.45, 2.75) is 129 Å². The predicted molar refractivity (Wildman–Crippen MR) is 183 cm³/mol. The van der Waals surface area contributed by atoms with Gasteiger partial charge < -0.3 is 9.47 Å². The third-order valence-corrected chi connectivity index (χ3v) is 8.78. The van der Waals surface area contributed by atoms with Gasteiger partial charge in [-0.3, -0.25) is 0 Å². The fraction of sp³-hybridized carbons (Fsp3) is 0.500. The van der Waals surface area contributed by atoms with E-state index in [1.807, 2.05) is 31.2 Å². The van der Waals surface area contributed by atoms with Gasteiger partial charge in [0.25, 0.3) is 0 Å². The quantitative estimate of drug-likeness (QED) is 0.0361. The lowest BCUT2D eigenvalue weighted by Crippen LogP contribution is -2.34. The van der Waals surface area contributed by atoms with Crippen molar-refractivity contribution < 1.29 is 49.8 Å². The Labute approximate surface area is 295 Å². The molecule has 0 aromatic heterocycles. The number of carbonyl (C=O) groups excluding carboxylic acids is 2. The number of halogens is 7. The van der Waals surface area contributed by atoms with E-state index in [-0.39, 0.29) is 12.2 Å². The van der Waals surface area contributed by atoms with Crippen molar-refractivity contribution in [1.82, 2.24) is 0 Å². The van der Waals surface area contributed by atoms with E-state index in [9.17, 15) is 40.3 Å². The highest BCUT2D eigenvalue weighted by atomic mass is 19.4. The highest BCUT2D eigenvalue weighted by molar-refractivity contribution is 5.95. The van der Waals surface area contributed by atoms with E-state index in [0.29, 0.717) is 12.8 Å². The average molecular weight is 725 g/mol. The van der Waals surface area contributed by atoms with Crippen LogP contribution in [0.1, 0.15) is 136 Å². The minimum absolute atomic E-state index is 0.00764. The summed E-state index contributed by atoms with van der Waals surface area (Å²) in [5, 5.41) is 0. The van der Waals surface area contributed by atoms with E-state index < -0.39 is 65.0 Å². The molecular formula is C40H47F7O4. The van der Waals surface area contributed by atoms with Crippen LogP contribution in [-0.4, -0.2) is 24.2 Å². The molecule has 3 aromatic rings. The summed E-state index contributed by atoms with van der Waals surface area (Å²) in [6.45, 7) is 4.17. The van der Waals surface area contributed by atoms with E-state index >= 15 is 0 Å². The van der Waals surface area contributed by atoms with Crippen molar-refractivity contribution >= 4 is 11.9 Å². The Morgan fingerprint density at radius 1 is 0.569 bits per heavy atom. The Morgan fingerprint density at radius 3 is 1.45 bits per heavy atom. The molecule has 3 rings (SSSR count). The van der Waals surface area contributed by atoms with Crippen LogP contribution in [0.3, 0.4) is 0 Å². The molecular weight excluding hydrogens is 677 g/mol. The highest BCUT2D eigenvalue weighted by Gasteiger charge is 2.44. The molecule has 0 bridgehead atoms. The molecule has 0 amide bonds. The summed E-state index contributed by atoms with van der Waals surface area (Å²) in [6.07, 6.45) is 5.94. The molecule has 280 valence electrons. The molecule has 1 unspecified atom stereocenters. The standard InChI is InChI=1S/C40H47F7O4/c1-3-5-7-9-11-12-13-15-17-27-19-21-28(22-20-27)29-23-25-30(26-24-29)50-38(48)32-34(41)36(43)33(37(44)35(32)42)39(49)51-31(40(45,46)47)18-16-14-10-8-6-4-2/h19-26,31H,3-18H2,1-2H3. The molecule has 0 spiro atoms. The smallest absolute Gasteiger partial charge is 0.425 e. The third-order valence-electron chi connectivity index (χ3n) is 8.78. The number of rotatable bonds is 21. The molecule has 1 atom stereocenters. The molecule has 0 aliphatic carbocycles. The van der Waals surface area contributed by atoms with E-state index in [0.717, 1.165) is 43.2 Å². The maximum absolute atomic E-state index is 14.9. The van der Waals surface area contributed by atoms with Gasteiger partial charge in [0.15, 0.2) is 29.4 Å². The summed E-state index contributed by atoms with van der Waals surface area (Å²) in [4.78, 5) is 25.1. The highest BCUT2D eigenvalue weighted by Crippen LogP contribution is 2.32. The maximum Gasteiger partial charge on any atom is 0.425 e. The summed E-state index contributed by atoms with van der Waals surface area (Å²) < 4.78 is 109. The predicted octanol–water partition coefficient (Wildman–Crippen LogP) is 12.7. The van der Waals surface area contributed by atoms with Crippen LogP contribution in [-0.2, 0) is 11.2 Å². The van der Waals surface area contributed by atoms with Crippen LogP contribution in [0.15, 0.2) is 48.5 Å². The largest absolute Gasteiger partial charge is 0.449 e. The zero-order valence-electron chi connectivity index (χ0n) is 29.3. The zero-order chi connectivity index (χ0) is 37.4. The van der Waals surface area contributed by atoms with Gasteiger partial charge >= 0.3 is 18.1 Å². The van der Waals surface area contributed by atoms with Crippen molar-refractivity contribution in [2.75, 3.05) is 0 Å². The number of hydrogen-bond acceptors (Lipinski definition) is 4. The minimum Gasteiger partial charge on any atom is -0.449 e. The number of esters is 2. The lowest BCUT2D eigenvalue weighted by atomic mass is 10.0. The van der Waals surface area contributed by atoms with E-state index in [2.05, 4.69) is 11.7 Å². The first-order valence-corrected chi connectivity index (χ1v) is 17.9. The first kappa shape index (κ1) is 41.5. The second-order valence-corrected chi connectivity index (χ2v) is 12.8. The van der Waals surface area contributed by atoms with Crippen LogP contribution >= 0.6 is 0 Å². The van der Waals surface area contributed by atoms with E-state index in [1.54, 1.807) is 12.1 Å². The second-order valence-electron chi connectivity index (χ2n) is 12.8. The Balaban J connectivity index is 1.62. The maximum atomic E-state index is 14.9. The molecule has 3 aromatic carbocycles. The van der Waals surface area contributed by atoms with Crippen molar-refractivity contribution in [3.8, 4) is 16.9 Å². The molecule has 0 aliphatic heterocycles. The number of ether oxygens (including phenoxy) is 2. The number of carbonyl (C=O) groups is 2. The average Bonchev–Trinajstić information content (AvgIpc) is 3.10. The van der Waals surface area contributed by atoms with Crippen molar-refractivity contribution in [2.24, 2.45) is 0 Å². The topological polar surface area (TPSA) is 52.6 Å². The summed E-state index contributed by atoms with van der Waals surface area (Å²) >= 11 is 0. The van der Waals surface area contributed by atoms with Crippen molar-refractivity contribution in [1.29, 1.82) is 0 Å². The molecule has 0 radical (unpaired) electrons. The monoisotopic (exact) mass is 724 g/mol. The SMILES string of the molecule is CCCCCCCCCCc1ccc(-c2ccc(OC(=O)c3c(F)c(F)c(C(=O)OC(CCCCCCCC)C(F)(F)F)c(F)c3F)cc2)cc1. The van der Waals surface area contributed by atoms with Crippen LogP contribution in [0, 0.1) is 23.3 Å². The Morgan fingerprint density at radius 2 is 0.980 bits per heavy atom. The zero-order valence-corrected chi connectivity index (χ0v) is 29.3. The van der Waals surface area contributed by atoms with Crippen LogP contribution in [0.4, 0.5) is 30.7 Å². The number of aryl methyl sites for hydroxylation is 1. The van der Waals surface area contributed by atoms with Crippen molar-refractivity contribution in [3.05, 3.63) is 88.5 Å².